The summed E-state index contributed by atoms with van der Waals surface area (Å²) < 4.78 is 5.21. The third kappa shape index (κ3) is 2.92. The number of anilines is 1. The van der Waals surface area contributed by atoms with Crippen molar-refractivity contribution in [3.8, 4) is 11.5 Å². The molecule has 1 aliphatic rings. The van der Waals surface area contributed by atoms with E-state index in [0.717, 1.165) is 18.0 Å². The molecule has 3 rings (SSSR count). The first-order valence-electron chi connectivity index (χ1n) is 6.52. The number of hydrogen-bond donors (Lipinski definition) is 1. The van der Waals surface area contributed by atoms with Gasteiger partial charge in [0.15, 0.2) is 0 Å². The summed E-state index contributed by atoms with van der Waals surface area (Å²) >= 11 is 2.05. The van der Waals surface area contributed by atoms with Crippen LogP contribution in [0.2, 0.25) is 0 Å². The number of thioether (sulfide) groups is 1. The normalized spacial score (nSPS) is 18.7. The maximum absolute atomic E-state index is 5.21. The van der Waals surface area contributed by atoms with Gasteiger partial charge in [-0.2, -0.15) is 11.8 Å². The van der Waals surface area contributed by atoms with E-state index in [0.29, 0.717) is 5.89 Å². The second-order valence-electron chi connectivity index (χ2n) is 4.88. The minimum Gasteiger partial charge on any atom is -0.423 e. The van der Waals surface area contributed by atoms with Gasteiger partial charge >= 0.3 is 0 Å². The minimum atomic E-state index is 0.571. The van der Waals surface area contributed by atoms with Crippen molar-refractivity contribution in [2.24, 2.45) is 5.92 Å². The molecule has 1 unspecified atom stereocenters. The van der Waals surface area contributed by atoms with Crippen molar-refractivity contribution in [3.05, 3.63) is 30.2 Å². The van der Waals surface area contributed by atoms with Crippen LogP contribution in [0.4, 0.5) is 5.69 Å². The molecule has 0 aliphatic carbocycles. The van der Waals surface area contributed by atoms with Crippen LogP contribution in [0.15, 0.2) is 29.0 Å². The molecule has 0 spiro atoms. The van der Waals surface area contributed by atoms with Gasteiger partial charge in [0.25, 0.3) is 0 Å². The van der Waals surface area contributed by atoms with E-state index < -0.39 is 0 Å². The summed E-state index contributed by atoms with van der Waals surface area (Å²) in [6.07, 6.45) is 2.69. The summed E-state index contributed by atoms with van der Waals surface area (Å²) in [5.74, 6) is 3.97. The van der Waals surface area contributed by atoms with E-state index in [4.69, 9.17) is 4.42 Å². The topological polar surface area (TPSA) is 51.0 Å². The summed E-state index contributed by atoms with van der Waals surface area (Å²) in [6.45, 7) is 3.17. The first kappa shape index (κ1) is 12.5. The van der Waals surface area contributed by atoms with E-state index in [9.17, 15) is 0 Å². The van der Waals surface area contributed by atoms with Crippen molar-refractivity contribution in [2.75, 3.05) is 23.4 Å². The van der Waals surface area contributed by atoms with Gasteiger partial charge in [-0.25, -0.2) is 0 Å². The molecule has 1 aromatic carbocycles. The highest BCUT2D eigenvalue weighted by molar-refractivity contribution is 7.99. The highest BCUT2D eigenvalue weighted by Crippen LogP contribution is 2.26. The molecule has 4 nitrogen and oxygen atoms in total. The van der Waals surface area contributed by atoms with Crippen molar-refractivity contribution in [2.45, 2.75) is 13.3 Å². The number of rotatable bonds is 4. The summed E-state index contributed by atoms with van der Waals surface area (Å²) in [4.78, 5) is 0. The lowest BCUT2D eigenvalue weighted by molar-refractivity contribution is 0.568. The van der Waals surface area contributed by atoms with E-state index >= 15 is 0 Å². The molecule has 1 aromatic heterocycles. The molecular weight excluding hydrogens is 258 g/mol. The van der Waals surface area contributed by atoms with E-state index in [1.807, 2.05) is 6.07 Å². The Labute approximate surface area is 117 Å². The zero-order valence-corrected chi connectivity index (χ0v) is 11.7. The summed E-state index contributed by atoms with van der Waals surface area (Å²) in [7, 11) is 0. The van der Waals surface area contributed by atoms with Gasteiger partial charge in [0, 0.05) is 17.8 Å². The fraction of sp³-hybridized carbons (Fsp3) is 0.429. The molecule has 1 N–H and O–H groups in total. The van der Waals surface area contributed by atoms with Crippen molar-refractivity contribution >= 4 is 17.4 Å². The number of nitrogens with zero attached hydrogens (tertiary/aromatic N) is 2. The van der Waals surface area contributed by atoms with Gasteiger partial charge in [-0.3, -0.25) is 0 Å². The first-order valence-corrected chi connectivity index (χ1v) is 7.67. The smallest absolute Gasteiger partial charge is 0.247 e. The third-order valence-electron chi connectivity index (χ3n) is 3.44. The van der Waals surface area contributed by atoms with Crippen LogP contribution in [-0.4, -0.2) is 28.2 Å². The van der Waals surface area contributed by atoms with Gasteiger partial charge < -0.3 is 9.73 Å². The molecule has 2 aromatic rings. The maximum Gasteiger partial charge on any atom is 0.247 e. The quantitative estimate of drug-likeness (QED) is 0.928. The summed E-state index contributed by atoms with van der Waals surface area (Å²) in [5.41, 5.74) is 3.37. The molecule has 0 radical (unpaired) electrons. The van der Waals surface area contributed by atoms with Crippen LogP contribution in [0.5, 0.6) is 0 Å². The maximum atomic E-state index is 5.21. The Balaban J connectivity index is 1.69. The number of aryl methyl sites for hydroxylation is 1. The summed E-state index contributed by atoms with van der Waals surface area (Å²) in [6, 6.07) is 6.20. The Kier molecular flexibility index (Phi) is 3.73. The van der Waals surface area contributed by atoms with Crippen molar-refractivity contribution < 1.29 is 4.42 Å². The van der Waals surface area contributed by atoms with Gasteiger partial charge in [-0.1, -0.05) is 0 Å². The molecule has 100 valence electrons. The fourth-order valence-electron chi connectivity index (χ4n) is 2.29. The van der Waals surface area contributed by atoms with E-state index in [1.54, 1.807) is 0 Å². The van der Waals surface area contributed by atoms with E-state index in [2.05, 4.69) is 46.3 Å². The number of nitrogens with one attached hydrogen (secondary N) is 1. The largest absolute Gasteiger partial charge is 0.423 e. The zero-order valence-electron chi connectivity index (χ0n) is 10.9. The second-order valence-corrected chi connectivity index (χ2v) is 6.03. The Morgan fingerprint density at radius 3 is 3.11 bits per heavy atom. The predicted molar refractivity (Wildman–Crippen MR) is 78.4 cm³/mol. The molecule has 1 saturated heterocycles. The lowest BCUT2D eigenvalue weighted by Gasteiger charge is -2.13. The highest BCUT2D eigenvalue weighted by Gasteiger charge is 2.15. The molecule has 0 bridgehead atoms. The predicted octanol–water partition coefficient (Wildman–Crippen LogP) is 3.21. The molecule has 0 saturated carbocycles. The third-order valence-corrected chi connectivity index (χ3v) is 4.67. The van der Waals surface area contributed by atoms with Gasteiger partial charge in [-0.05, 0) is 54.5 Å². The SMILES string of the molecule is Cc1cc(-c2nnco2)ccc1NCC1CCSC1. The van der Waals surface area contributed by atoms with Gasteiger partial charge in [0.1, 0.15) is 0 Å². The Bertz CT molecular complexity index is 536. The fourth-order valence-corrected chi connectivity index (χ4v) is 3.58. The lowest BCUT2D eigenvalue weighted by atomic mass is 10.1. The molecule has 5 heteroatoms. The van der Waals surface area contributed by atoms with Crippen LogP contribution in [0.1, 0.15) is 12.0 Å². The van der Waals surface area contributed by atoms with Crippen molar-refractivity contribution in [1.29, 1.82) is 0 Å². The van der Waals surface area contributed by atoms with Crippen LogP contribution in [-0.2, 0) is 0 Å². The van der Waals surface area contributed by atoms with Gasteiger partial charge in [0.2, 0.25) is 12.3 Å². The summed E-state index contributed by atoms with van der Waals surface area (Å²) in [5, 5.41) is 11.2. The van der Waals surface area contributed by atoms with Crippen molar-refractivity contribution in [1.82, 2.24) is 10.2 Å². The molecule has 1 atom stereocenters. The van der Waals surface area contributed by atoms with Crippen LogP contribution in [0.3, 0.4) is 0 Å². The lowest BCUT2D eigenvalue weighted by Crippen LogP contribution is -2.14. The average Bonchev–Trinajstić information content (AvgIpc) is 3.10. The number of benzene rings is 1. The second kappa shape index (κ2) is 5.65. The van der Waals surface area contributed by atoms with Crippen molar-refractivity contribution in [3.63, 3.8) is 0 Å². The number of aromatic nitrogens is 2. The Morgan fingerprint density at radius 2 is 2.42 bits per heavy atom. The molecule has 2 heterocycles. The van der Waals surface area contributed by atoms with Gasteiger partial charge in [0.05, 0.1) is 0 Å². The molecular formula is C14H17N3OS. The van der Waals surface area contributed by atoms with E-state index in [-0.39, 0.29) is 0 Å². The average molecular weight is 275 g/mol. The molecule has 0 amide bonds. The minimum absolute atomic E-state index is 0.571. The monoisotopic (exact) mass is 275 g/mol. The van der Waals surface area contributed by atoms with Crippen LogP contribution >= 0.6 is 11.8 Å². The Morgan fingerprint density at radius 1 is 1.47 bits per heavy atom. The van der Waals surface area contributed by atoms with E-state index in [1.165, 1.54) is 35.6 Å². The molecule has 1 aliphatic heterocycles. The van der Waals surface area contributed by atoms with Crippen LogP contribution < -0.4 is 5.32 Å². The molecule has 19 heavy (non-hydrogen) atoms. The molecule has 1 fully saturated rings. The zero-order chi connectivity index (χ0) is 13.1. The van der Waals surface area contributed by atoms with Crippen LogP contribution in [0.25, 0.3) is 11.5 Å². The standard InChI is InChI=1S/C14H17N3OS/c1-10-6-12(14-17-16-9-18-14)2-3-13(10)15-7-11-4-5-19-8-11/h2-3,6,9,11,15H,4-5,7-8H2,1H3. The van der Waals surface area contributed by atoms with Gasteiger partial charge in [-0.15, -0.1) is 10.2 Å². The number of hydrogen-bond acceptors (Lipinski definition) is 5. The Hall–Kier alpha value is -1.49. The van der Waals surface area contributed by atoms with Crippen LogP contribution in [0, 0.1) is 12.8 Å². The first-order chi connectivity index (χ1) is 9.33. The highest BCUT2D eigenvalue weighted by atomic mass is 32.2.